The number of hydrogen-bond donors (Lipinski definition) is 7. The van der Waals surface area contributed by atoms with Gasteiger partial charge in [0.1, 0.15) is 6.29 Å². The first-order valence-corrected chi connectivity index (χ1v) is 56.4. The zero-order valence-corrected chi connectivity index (χ0v) is 91.6. The van der Waals surface area contributed by atoms with Gasteiger partial charge >= 0.3 is 23.1 Å². The first-order chi connectivity index (χ1) is 60.7. The van der Waals surface area contributed by atoms with Crippen molar-refractivity contribution >= 4 is 41.5 Å². The second kappa shape index (κ2) is 47.4. The molecule has 0 amide bonds. The first-order valence-electron chi connectivity index (χ1n) is 55.3. The van der Waals surface area contributed by atoms with Gasteiger partial charge in [-0.25, -0.2) is 0 Å². The summed E-state index contributed by atoms with van der Waals surface area (Å²) < 4.78 is 15.2. The molecule has 16 aliphatic carbocycles. The van der Waals surface area contributed by atoms with Crippen LogP contribution in [0.25, 0.3) is 0 Å². The van der Waals surface area contributed by atoms with E-state index in [0.29, 0.717) is 49.2 Å². The van der Waals surface area contributed by atoms with Crippen molar-refractivity contribution in [3.05, 3.63) is 53.5 Å². The molecule has 0 aromatic heterocycles. The van der Waals surface area contributed by atoms with Crippen LogP contribution in [-0.2, 0) is 9.53 Å². The molecule has 1 aliphatic heterocycles. The third kappa shape index (κ3) is 23.2. The second-order valence-electron chi connectivity index (χ2n) is 50.0. The smallest absolute Gasteiger partial charge is 1.00 e. The Balaban J connectivity index is 0.000000187. The SMILES string of the molecule is C1CCOC1.CCC(O)CC[C@@H](C)[C@H]1CC[C@H]2[C@@H]3CC=C4C[C@](O)(CC)CC[C@]4(C)[C@H]3CC[C@]12C.CC[C@@H](O)CC[C@@H](C)[C@H]1CC[C@H]2[C@@H]3CC=C4C[C@](O)(CC)CC[C@]4(C)[C@H]3CC[C@]12C.CC[C@H](O)CC[C@@H](C)[C@H]1CC[C@H]2[C@@H]3CC=C4C[C@](O)(CC)CC[C@]4(C)[C@H]3CC[C@]12C.CC[C@]1(O)CC[C@@]2(C)C(=CC[C@H]3[C@@H]4CC[C@H]([C@H](C)CCC=O)[C@@]4(C)CC[C@@H]32)C1.CSF.[Br-].[CH2-]C.[Mg+2]. The van der Waals surface area contributed by atoms with E-state index in [-0.39, 0.29) is 70.5 Å². The number of aliphatic hydroxyl groups excluding tert-OH is 3. The van der Waals surface area contributed by atoms with Crippen LogP contribution in [0.1, 0.15) is 453 Å². The minimum Gasteiger partial charge on any atom is -1.00 e. The Hall–Kier alpha value is -0.164. The molecule has 17 aliphatic rings. The topological polar surface area (TPSA) is 168 Å². The fraction of sp³-hybridized carbons (Fsp3) is 0.915. The van der Waals surface area contributed by atoms with Gasteiger partial charge in [-0.15, -0.1) is 0 Å². The predicted octanol–water partition coefficient (Wildman–Crippen LogP) is 26.5. The normalized spacial score (nSPS) is 44.6. The number of aldehydes is 1. The number of halogens is 2. The van der Waals surface area contributed by atoms with E-state index >= 15 is 0 Å². The van der Waals surface area contributed by atoms with E-state index in [2.05, 4.69) is 163 Å². The van der Waals surface area contributed by atoms with Crippen LogP contribution in [0, 0.1) is 169 Å². The first kappa shape index (κ1) is 113. The summed E-state index contributed by atoms with van der Waals surface area (Å²) in [6.07, 6.45) is 69.2. The third-order valence-electron chi connectivity index (χ3n) is 44.5. The number of hydrogen-bond acceptors (Lipinski definition) is 10. The van der Waals surface area contributed by atoms with Gasteiger partial charge in [0.2, 0.25) is 0 Å². The van der Waals surface area contributed by atoms with Crippen molar-refractivity contribution in [3.63, 3.8) is 0 Å². The molecule has 17 rings (SSSR count). The number of aliphatic hydroxyl groups is 7. The monoisotopic (exact) mass is 1910 g/mol. The number of ether oxygens (including phenoxy) is 1. The fourth-order valence-electron chi connectivity index (χ4n) is 35.6. The van der Waals surface area contributed by atoms with E-state index in [9.17, 15) is 44.4 Å². The number of carbonyl (C=O) groups excluding carboxylic acids is 1. The van der Waals surface area contributed by atoms with Gasteiger partial charge in [0.05, 0.1) is 40.7 Å². The quantitative estimate of drug-likeness (QED) is 0.0226. The Bertz CT molecular complexity index is 3370. The minimum absolute atomic E-state index is 0. The van der Waals surface area contributed by atoms with E-state index in [1.165, 1.54) is 192 Å². The number of carbonyl (C=O) groups is 1. The van der Waals surface area contributed by atoms with E-state index in [1.807, 2.05) is 0 Å². The van der Waals surface area contributed by atoms with Crippen molar-refractivity contribution in [1.82, 2.24) is 0 Å². The summed E-state index contributed by atoms with van der Waals surface area (Å²) in [5.41, 5.74) is 7.89. The summed E-state index contributed by atoms with van der Waals surface area (Å²) in [5, 5.41) is 74.0. The van der Waals surface area contributed by atoms with Crippen LogP contribution in [0.3, 0.4) is 0 Å². The summed E-state index contributed by atoms with van der Waals surface area (Å²) in [6.45, 7) is 52.4. The molecule has 35 atom stereocenters. The van der Waals surface area contributed by atoms with Crippen molar-refractivity contribution in [2.45, 2.75) is 494 Å². The van der Waals surface area contributed by atoms with Crippen LogP contribution in [0.15, 0.2) is 46.6 Å². The molecule has 1 unspecified atom stereocenters. The molecule has 0 spiro atoms. The standard InChI is InChI=1S/3C28H48O2.C26H42O2.C4H8O.C2H5.CH3FS.BrH.Mg/c3*1-6-21(29)10-8-19(3)23-12-13-24-22-11-9-20-18-28(30,7-2)17-16-26(20,4)25(22)14-15-27(23,24)5;1-5-26(28)15-14-24(3)19(17-26)8-9-20-22-11-10-21(18(2)7-6-16-27)25(22,4)13-12-23(20)24;1-2-4-5-3-1;1-2;1-3-2;;/h3*9,19,21-25,29-30H,6-8,10-18H2,1-5H3;8,16,18,20-23,28H,5-7,9-15,17H2,1-4H3;1-4H2;1H2,2H3;1H3;1H;/q;;;;;-1;;;+2/p-1/t19-,21?,22+,23-,24+,25+,26+,27-,28+;19-,21+,22+,23-,24+,25+,26+,27-,28+;19-,21-,22+,23-,24+,25+,26+,27-,28+;18-,20+,21-,22+,23+,24+,25-,26+;;;;;/m1111...../s1. The Kier molecular flexibility index (Phi) is 41.3. The maximum absolute atomic E-state index is 11.0. The average Bonchev–Trinajstić information content (AvgIpc) is 1.46. The molecule has 1 saturated heterocycles. The maximum Gasteiger partial charge on any atom is 2.00 e. The molecule has 9 nitrogen and oxygen atoms in total. The minimum atomic E-state index is -0.451. The number of fused-ring (bicyclic) bond motifs is 20. The Morgan fingerprint density at radius 3 is 0.792 bits per heavy atom. The van der Waals surface area contributed by atoms with Gasteiger partial charge in [-0.05, 0) is 470 Å². The summed E-state index contributed by atoms with van der Waals surface area (Å²) in [4.78, 5) is 10.9. The molecule has 7 N–H and O–H groups in total. The Morgan fingerprint density at radius 2 is 0.600 bits per heavy atom. The third-order valence-corrected chi connectivity index (χ3v) is 44.5. The fourth-order valence-corrected chi connectivity index (χ4v) is 35.6. The summed E-state index contributed by atoms with van der Waals surface area (Å²) >= 11 is 0.250. The second-order valence-corrected chi connectivity index (χ2v) is 50.3. The average molecular weight is 1910 g/mol. The molecule has 13 fully saturated rings. The van der Waals surface area contributed by atoms with Crippen LogP contribution in [-0.4, -0.2) is 125 Å². The molecule has 0 bridgehead atoms. The van der Waals surface area contributed by atoms with Gasteiger partial charge in [-0.2, -0.15) is 10.8 Å². The molecule has 746 valence electrons. The van der Waals surface area contributed by atoms with Crippen LogP contribution in [0.2, 0.25) is 0 Å². The molecular weight excluding hydrogens is 1700 g/mol. The molecule has 12 saturated carbocycles. The molecule has 13 heteroatoms. The van der Waals surface area contributed by atoms with Crippen molar-refractivity contribution in [1.29, 1.82) is 0 Å². The van der Waals surface area contributed by atoms with Crippen LogP contribution < -0.4 is 17.0 Å². The van der Waals surface area contributed by atoms with Crippen molar-refractivity contribution in [2.24, 2.45) is 162 Å². The van der Waals surface area contributed by atoms with Gasteiger partial charge in [0.25, 0.3) is 0 Å². The van der Waals surface area contributed by atoms with Gasteiger partial charge in [0.15, 0.2) is 0 Å². The zero-order chi connectivity index (χ0) is 93.6. The molecule has 130 heavy (non-hydrogen) atoms. The predicted molar refractivity (Wildman–Crippen MR) is 542 cm³/mol. The number of rotatable bonds is 23. The van der Waals surface area contributed by atoms with E-state index in [4.69, 9.17) is 4.74 Å². The van der Waals surface area contributed by atoms with Crippen molar-refractivity contribution in [2.75, 3.05) is 19.5 Å². The van der Waals surface area contributed by atoms with Gasteiger partial charge in [0, 0.05) is 38.0 Å². The van der Waals surface area contributed by atoms with Gasteiger partial charge < -0.3 is 69.2 Å². The van der Waals surface area contributed by atoms with E-state index in [1.54, 1.807) is 29.2 Å². The molecule has 1 heterocycles. The molecular formula is C117H202BrFMgO9S. The Morgan fingerprint density at radius 1 is 0.377 bits per heavy atom. The molecule has 0 aromatic rings. The summed E-state index contributed by atoms with van der Waals surface area (Å²) in [5.74, 6) is 16.4. The van der Waals surface area contributed by atoms with E-state index < -0.39 is 22.4 Å². The van der Waals surface area contributed by atoms with E-state index in [0.717, 1.165) is 260 Å². The van der Waals surface area contributed by atoms with Crippen molar-refractivity contribution < 1.29 is 66.1 Å². The molecule has 0 radical (unpaired) electrons. The summed E-state index contributed by atoms with van der Waals surface area (Å²) in [6, 6.07) is 0. The van der Waals surface area contributed by atoms with Crippen molar-refractivity contribution in [3.8, 4) is 0 Å². The Labute approximate surface area is 829 Å². The largest absolute Gasteiger partial charge is 2.00 e. The zero-order valence-electron chi connectivity index (χ0n) is 87.8. The van der Waals surface area contributed by atoms with Gasteiger partial charge in [-0.1, -0.05) is 178 Å². The van der Waals surface area contributed by atoms with Gasteiger partial charge in [-0.3, -0.25) is 0 Å². The van der Waals surface area contributed by atoms with Crippen LogP contribution >= 0.6 is 12.1 Å². The number of allylic oxidation sites excluding steroid dienone is 4. The van der Waals surface area contributed by atoms with Crippen LogP contribution in [0.4, 0.5) is 3.89 Å². The summed E-state index contributed by atoms with van der Waals surface area (Å²) in [7, 11) is 0. The molecule has 0 aromatic carbocycles. The van der Waals surface area contributed by atoms with Crippen LogP contribution in [0.5, 0.6) is 0 Å². The maximum atomic E-state index is 11.0.